The van der Waals surface area contributed by atoms with Gasteiger partial charge in [-0.3, -0.25) is 9.36 Å². The highest BCUT2D eigenvalue weighted by atomic mass is 35.5. The minimum Gasteiger partial charge on any atom is -0.322 e. The molecule has 0 radical (unpaired) electrons. The first-order chi connectivity index (χ1) is 8.59. The molecular weight excluding hydrogens is 285 g/mol. The summed E-state index contributed by atoms with van der Waals surface area (Å²) in [5.41, 5.74) is 6.48. The van der Waals surface area contributed by atoms with Crippen molar-refractivity contribution in [3.8, 4) is 0 Å². The Kier molecular flexibility index (Phi) is 3.85. The van der Waals surface area contributed by atoms with Crippen LogP contribution in [0.15, 0.2) is 23.0 Å². The van der Waals surface area contributed by atoms with E-state index >= 15 is 0 Å². The number of hydrogen-bond acceptors (Lipinski definition) is 3. The zero-order valence-corrected chi connectivity index (χ0v) is 12.0. The Morgan fingerprint density at radius 2 is 2.16 bits per heavy atom. The van der Waals surface area contributed by atoms with Gasteiger partial charge in [0.15, 0.2) is 0 Å². The van der Waals surface area contributed by atoms with Gasteiger partial charge in [-0.05, 0) is 31.9 Å². The first-order valence-corrected chi connectivity index (χ1v) is 6.43. The molecule has 3 rings (SSSR count). The first kappa shape index (κ1) is 14.3. The minimum absolute atomic E-state index is 0. The monoisotopic (exact) mass is 299 g/mol. The minimum atomic E-state index is -0.262. The highest BCUT2D eigenvalue weighted by molar-refractivity contribution is 6.35. The Morgan fingerprint density at radius 3 is 2.74 bits per heavy atom. The number of nitrogens with two attached hydrogens (primary N) is 1. The zero-order valence-electron chi connectivity index (χ0n) is 10.5. The SMILES string of the molecule is CC(N)c1nc2cccc(Cl)c2c(=O)n1C1CC1.Cl. The molecule has 1 aliphatic carbocycles. The lowest BCUT2D eigenvalue weighted by atomic mass is 10.2. The van der Waals surface area contributed by atoms with E-state index in [0.29, 0.717) is 21.7 Å². The van der Waals surface area contributed by atoms with Crippen LogP contribution in [0.3, 0.4) is 0 Å². The van der Waals surface area contributed by atoms with E-state index in [1.54, 1.807) is 22.8 Å². The van der Waals surface area contributed by atoms with Crippen LogP contribution in [-0.4, -0.2) is 9.55 Å². The van der Waals surface area contributed by atoms with Crippen LogP contribution >= 0.6 is 24.0 Å². The third-order valence-electron chi connectivity index (χ3n) is 3.23. The lowest BCUT2D eigenvalue weighted by molar-refractivity contribution is 0.594. The van der Waals surface area contributed by atoms with E-state index in [9.17, 15) is 4.79 Å². The molecule has 1 heterocycles. The molecule has 1 unspecified atom stereocenters. The van der Waals surface area contributed by atoms with Gasteiger partial charge in [0.25, 0.3) is 5.56 Å². The van der Waals surface area contributed by atoms with Crippen LogP contribution < -0.4 is 11.3 Å². The average Bonchev–Trinajstić information content (AvgIpc) is 3.12. The second kappa shape index (κ2) is 5.12. The van der Waals surface area contributed by atoms with E-state index in [2.05, 4.69) is 4.98 Å². The largest absolute Gasteiger partial charge is 0.322 e. The average molecular weight is 300 g/mol. The van der Waals surface area contributed by atoms with Crippen LogP contribution in [0.4, 0.5) is 0 Å². The summed E-state index contributed by atoms with van der Waals surface area (Å²) >= 11 is 6.11. The summed E-state index contributed by atoms with van der Waals surface area (Å²) in [6.45, 7) is 1.84. The van der Waals surface area contributed by atoms with Crippen molar-refractivity contribution < 1.29 is 0 Å². The second-order valence-electron chi connectivity index (χ2n) is 4.80. The molecule has 0 aliphatic heterocycles. The van der Waals surface area contributed by atoms with E-state index in [0.717, 1.165) is 12.8 Å². The van der Waals surface area contributed by atoms with Gasteiger partial charge in [0.05, 0.1) is 22.0 Å². The molecule has 102 valence electrons. The number of fused-ring (bicyclic) bond motifs is 1. The van der Waals surface area contributed by atoms with Crippen LogP contribution in [-0.2, 0) is 0 Å². The maximum absolute atomic E-state index is 12.5. The third kappa shape index (κ3) is 2.36. The summed E-state index contributed by atoms with van der Waals surface area (Å²) < 4.78 is 1.72. The van der Waals surface area contributed by atoms with Gasteiger partial charge in [0.2, 0.25) is 0 Å². The maximum Gasteiger partial charge on any atom is 0.263 e. The summed E-state index contributed by atoms with van der Waals surface area (Å²) in [5, 5.41) is 0.950. The van der Waals surface area contributed by atoms with E-state index in [-0.39, 0.29) is 30.0 Å². The summed E-state index contributed by atoms with van der Waals surface area (Å²) in [5.74, 6) is 0.650. The van der Waals surface area contributed by atoms with Gasteiger partial charge in [-0.15, -0.1) is 12.4 Å². The van der Waals surface area contributed by atoms with Gasteiger partial charge >= 0.3 is 0 Å². The molecule has 2 N–H and O–H groups in total. The molecule has 4 nitrogen and oxygen atoms in total. The van der Waals surface area contributed by atoms with Crippen molar-refractivity contribution in [1.82, 2.24) is 9.55 Å². The smallest absolute Gasteiger partial charge is 0.263 e. The zero-order chi connectivity index (χ0) is 12.9. The summed E-state index contributed by atoms with van der Waals surface area (Å²) in [7, 11) is 0. The predicted octanol–water partition coefficient (Wildman–Crippen LogP) is 2.83. The Morgan fingerprint density at radius 1 is 1.47 bits per heavy atom. The molecule has 2 aromatic rings. The fraction of sp³-hybridized carbons (Fsp3) is 0.385. The van der Waals surface area contributed by atoms with Crippen molar-refractivity contribution in [3.63, 3.8) is 0 Å². The van der Waals surface area contributed by atoms with Crippen LogP contribution in [0.2, 0.25) is 5.02 Å². The quantitative estimate of drug-likeness (QED) is 0.927. The van der Waals surface area contributed by atoms with E-state index in [1.165, 1.54) is 0 Å². The lowest BCUT2D eigenvalue weighted by Crippen LogP contribution is -2.28. The lowest BCUT2D eigenvalue weighted by Gasteiger charge is -2.15. The molecule has 6 heteroatoms. The van der Waals surface area contributed by atoms with Gasteiger partial charge in [0, 0.05) is 6.04 Å². The molecule has 1 atom stereocenters. The van der Waals surface area contributed by atoms with Crippen molar-refractivity contribution in [2.75, 3.05) is 0 Å². The number of rotatable bonds is 2. The normalized spacial score (nSPS) is 16.2. The van der Waals surface area contributed by atoms with Gasteiger partial charge in [-0.2, -0.15) is 0 Å². The first-order valence-electron chi connectivity index (χ1n) is 6.06. The Hall–Kier alpha value is -1.10. The van der Waals surface area contributed by atoms with Crippen LogP contribution in [0, 0.1) is 0 Å². The van der Waals surface area contributed by atoms with E-state index in [4.69, 9.17) is 17.3 Å². The molecule has 1 saturated carbocycles. The van der Waals surface area contributed by atoms with Crippen molar-refractivity contribution in [1.29, 1.82) is 0 Å². The van der Waals surface area contributed by atoms with Gasteiger partial charge in [-0.1, -0.05) is 17.7 Å². The van der Waals surface area contributed by atoms with Crippen molar-refractivity contribution in [2.24, 2.45) is 5.73 Å². The predicted molar refractivity (Wildman–Crippen MR) is 79.1 cm³/mol. The van der Waals surface area contributed by atoms with Crippen LogP contribution in [0.5, 0.6) is 0 Å². The van der Waals surface area contributed by atoms with E-state index < -0.39 is 0 Å². The Balaban J connectivity index is 0.00000133. The molecule has 1 fully saturated rings. The standard InChI is InChI=1S/C13H14ClN3O.ClH/c1-7(15)12-16-10-4-2-3-9(14)11(10)13(18)17(12)8-5-6-8;/h2-4,7-8H,5-6,15H2,1H3;1H. The molecule has 0 saturated heterocycles. The van der Waals surface area contributed by atoms with Crippen LogP contribution in [0.1, 0.15) is 37.7 Å². The van der Waals surface area contributed by atoms with Crippen molar-refractivity contribution >= 4 is 34.9 Å². The highest BCUT2D eigenvalue weighted by Gasteiger charge is 2.29. The molecule has 0 amide bonds. The highest BCUT2D eigenvalue weighted by Crippen LogP contribution is 2.36. The molecule has 0 spiro atoms. The molecule has 19 heavy (non-hydrogen) atoms. The topological polar surface area (TPSA) is 60.9 Å². The van der Waals surface area contributed by atoms with Gasteiger partial charge in [-0.25, -0.2) is 4.98 Å². The van der Waals surface area contributed by atoms with Crippen LogP contribution in [0.25, 0.3) is 10.9 Å². The molecule has 1 aliphatic rings. The fourth-order valence-corrected chi connectivity index (χ4v) is 2.48. The summed E-state index contributed by atoms with van der Waals surface area (Å²) in [4.78, 5) is 17.1. The number of benzene rings is 1. The fourth-order valence-electron chi connectivity index (χ4n) is 2.23. The number of nitrogens with zero attached hydrogens (tertiary/aromatic N) is 2. The Labute approximate surface area is 122 Å². The third-order valence-corrected chi connectivity index (χ3v) is 3.54. The number of aromatic nitrogens is 2. The molecular formula is C13H15Cl2N3O. The Bertz CT molecular complexity index is 677. The van der Waals surface area contributed by atoms with Crippen molar-refractivity contribution in [3.05, 3.63) is 39.4 Å². The summed E-state index contributed by atoms with van der Waals surface area (Å²) in [6, 6.07) is 5.29. The maximum atomic E-state index is 12.5. The number of hydrogen-bond donors (Lipinski definition) is 1. The van der Waals surface area contributed by atoms with Gasteiger partial charge < -0.3 is 5.73 Å². The molecule has 0 bridgehead atoms. The molecule has 1 aromatic heterocycles. The second-order valence-corrected chi connectivity index (χ2v) is 5.21. The number of halogens is 2. The molecule has 1 aromatic carbocycles. The van der Waals surface area contributed by atoms with Gasteiger partial charge in [0.1, 0.15) is 5.82 Å². The van der Waals surface area contributed by atoms with Crippen molar-refractivity contribution in [2.45, 2.75) is 31.8 Å². The van der Waals surface area contributed by atoms with E-state index in [1.807, 2.05) is 6.92 Å². The summed E-state index contributed by atoms with van der Waals surface area (Å²) in [6.07, 6.45) is 2.02.